The molecule has 2 nitrogen and oxygen atoms in total. The van der Waals surface area contributed by atoms with Gasteiger partial charge in [-0.2, -0.15) is 0 Å². The van der Waals surface area contributed by atoms with Crippen LogP contribution in [0.25, 0.3) is 0 Å². The van der Waals surface area contributed by atoms with E-state index in [1.165, 1.54) is 17.0 Å². The van der Waals surface area contributed by atoms with Gasteiger partial charge in [-0.3, -0.25) is 5.84 Å². The molecule has 0 aliphatic heterocycles. The van der Waals surface area contributed by atoms with Crippen molar-refractivity contribution in [3.8, 4) is 0 Å². The lowest BCUT2D eigenvalue weighted by Crippen LogP contribution is -2.28. The zero-order valence-electron chi connectivity index (χ0n) is 8.91. The predicted molar refractivity (Wildman–Crippen MR) is 64.6 cm³/mol. The van der Waals surface area contributed by atoms with Crippen molar-refractivity contribution in [2.75, 3.05) is 0 Å². The van der Waals surface area contributed by atoms with Crippen LogP contribution in [0.3, 0.4) is 0 Å². The fraction of sp³-hybridized carbons (Fsp3) is 0.167. The summed E-state index contributed by atoms with van der Waals surface area (Å²) in [6, 6.07) is 8.34. The molecule has 0 saturated carbocycles. The molecule has 0 amide bonds. The molecule has 16 heavy (non-hydrogen) atoms. The SMILES string of the molecule is Cc1sccc1C(NN)c1ccc(F)cc1. The quantitative estimate of drug-likeness (QED) is 0.635. The van der Waals surface area contributed by atoms with E-state index in [0.29, 0.717) is 0 Å². The number of nitrogens with two attached hydrogens (primary N) is 1. The Bertz CT molecular complexity index is 464. The van der Waals surface area contributed by atoms with Crippen LogP contribution >= 0.6 is 11.3 Å². The number of halogens is 1. The van der Waals surface area contributed by atoms with E-state index in [0.717, 1.165) is 11.1 Å². The first-order chi connectivity index (χ1) is 7.72. The molecule has 0 radical (unpaired) electrons. The summed E-state index contributed by atoms with van der Waals surface area (Å²) in [6.45, 7) is 2.05. The smallest absolute Gasteiger partial charge is 0.123 e. The molecule has 1 atom stereocenters. The largest absolute Gasteiger partial charge is 0.271 e. The van der Waals surface area contributed by atoms with Crippen LogP contribution < -0.4 is 11.3 Å². The van der Waals surface area contributed by atoms with Gasteiger partial charge in [-0.25, -0.2) is 9.82 Å². The second kappa shape index (κ2) is 4.74. The van der Waals surface area contributed by atoms with Crippen molar-refractivity contribution in [1.29, 1.82) is 0 Å². The van der Waals surface area contributed by atoms with Gasteiger partial charge < -0.3 is 0 Å². The van der Waals surface area contributed by atoms with E-state index in [4.69, 9.17) is 5.84 Å². The van der Waals surface area contributed by atoms with E-state index >= 15 is 0 Å². The van der Waals surface area contributed by atoms with Crippen molar-refractivity contribution in [2.24, 2.45) is 5.84 Å². The minimum absolute atomic E-state index is 0.0770. The summed E-state index contributed by atoms with van der Waals surface area (Å²) >= 11 is 1.68. The Morgan fingerprint density at radius 2 is 1.94 bits per heavy atom. The molecule has 0 bridgehead atoms. The second-order valence-electron chi connectivity index (χ2n) is 3.58. The van der Waals surface area contributed by atoms with Crippen molar-refractivity contribution < 1.29 is 4.39 Å². The topological polar surface area (TPSA) is 38.0 Å². The van der Waals surface area contributed by atoms with Crippen molar-refractivity contribution in [3.63, 3.8) is 0 Å². The van der Waals surface area contributed by atoms with E-state index in [9.17, 15) is 4.39 Å². The molecule has 0 aliphatic carbocycles. The van der Waals surface area contributed by atoms with Crippen LogP contribution in [-0.2, 0) is 0 Å². The maximum absolute atomic E-state index is 12.8. The first-order valence-corrected chi connectivity index (χ1v) is 5.86. The van der Waals surface area contributed by atoms with Gasteiger partial charge in [0.2, 0.25) is 0 Å². The third-order valence-corrected chi connectivity index (χ3v) is 3.44. The minimum atomic E-state index is -0.235. The molecule has 1 unspecified atom stereocenters. The molecule has 0 spiro atoms. The summed E-state index contributed by atoms with van der Waals surface area (Å²) in [5.74, 6) is 5.33. The van der Waals surface area contributed by atoms with Crippen molar-refractivity contribution in [2.45, 2.75) is 13.0 Å². The third kappa shape index (κ3) is 2.14. The molecule has 2 aromatic rings. The van der Waals surface area contributed by atoms with Crippen LogP contribution in [0.4, 0.5) is 4.39 Å². The van der Waals surface area contributed by atoms with Crippen molar-refractivity contribution >= 4 is 11.3 Å². The van der Waals surface area contributed by atoms with Crippen molar-refractivity contribution in [3.05, 3.63) is 57.5 Å². The number of aryl methyl sites for hydroxylation is 1. The van der Waals surface area contributed by atoms with Gasteiger partial charge in [-0.05, 0) is 41.6 Å². The van der Waals surface area contributed by atoms with E-state index in [2.05, 4.69) is 5.43 Å². The normalized spacial score (nSPS) is 12.7. The number of hydrogen-bond acceptors (Lipinski definition) is 3. The number of benzene rings is 1. The van der Waals surface area contributed by atoms with E-state index in [1.54, 1.807) is 23.5 Å². The zero-order valence-corrected chi connectivity index (χ0v) is 9.72. The number of hydrazine groups is 1. The van der Waals surface area contributed by atoms with Crippen LogP contribution in [-0.4, -0.2) is 0 Å². The molecule has 84 valence electrons. The average Bonchev–Trinajstić information content (AvgIpc) is 2.69. The Labute approximate surface area is 97.9 Å². The molecule has 1 aromatic heterocycles. The molecule has 0 fully saturated rings. The first-order valence-electron chi connectivity index (χ1n) is 4.98. The van der Waals surface area contributed by atoms with E-state index in [1.807, 2.05) is 18.4 Å². The molecule has 3 N–H and O–H groups in total. The van der Waals surface area contributed by atoms with Gasteiger partial charge in [0.25, 0.3) is 0 Å². The molecule has 0 saturated heterocycles. The van der Waals surface area contributed by atoms with Gasteiger partial charge in [-0.15, -0.1) is 11.3 Å². The minimum Gasteiger partial charge on any atom is -0.271 e. The van der Waals surface area contributed by atoms with Gasteiger partial charge >= 0.3 is 0 Å². The molecule has 1 heterocycles. The standard InChI is InChI=1S/C12H13FN2S/c1-8-11(6-7-16-8)12(15-14)9-2-4-10(13)5-3-9/h2-7,12,15H,14H2,1H3. The molecule has 0 aliphatic rings. The van der Waals surface area contributed by atoms with E-state index in [-0.39, 0.29) is 11.9 Å². The Morgan fingerprint density at radius 1 is 1.25 bits per heavy atom. The van der Waals surface area contributed by atoms with Gasteiger partial charge in [0.1, 0.15) is 5.82 Å². The lowest BCUT2D eigenvalue weighted by molar-refractivity contribution is 0.615. The highest BCUT2D eigenvalue weighted by Gasteiger charge is 2.15. The van der Waals surface area contributed by atoms with Crippen molar-refractivity contribution in [1.82, 2.24) is 5.43 Å². The first kappa shape index (κ1) is 11.3. The van der Waals surface area contributed by atoms with Crippen LogP contribution in [0.15, 0.2) is 35.7 Å². The molecule has 1 aromatic carbocycles. The lowest BCUT2D eigenvalue weighted by atomic mass is 10.0. The highest BCUT2D eigenvalue weighted by Crippen LogP contribution is 2.27. The number of nitrogens with one attached hydrogen (secondary N) is 1. The summed E-state index contributed by atoms with van der Waals surface area (Å²) in [7, 11) is 0. The third-order valence-electron chi connectivity index (χ3n) is 2.58. The zero-order chi connectivity index (χ0) is 11.5. The number of hydrogen-bond donors (Lipinski definition) is 2. The Kier molecular flexibility index (Phi) is 3.33. The van der Waals surface area contributed by atoms with Crippen LogP contribution in [0.5, 0.6) is 0 Å². The van der Waals surface area contributed by atoms with Gasteiger partial charge in [0, 0.05) is 4.88 Å². The van der Waals surface area contributed by atoms with Crippen LogP contribution in [0.1, 0.15) is 22.0 Å². The molecular weight excluding hydrogens is 223 g/mol. The van der Waals surface area contributed by atoms with Gasteiger partial charge in [-0.1, -0.05) is 12.1 Å². The lowest BCUT2D eigenvalue weighted by Gasteiger charge is -2.16. The Hall–Kier alpha value is -1.23. The Morgan fingerprint density at radius 3 is 2.44 bits per heavy atom. The molecule has 4 heteroatoms. The van der Waals surface area contributed by atoms with Gasteiger partial charge in [0.15, 0.2) is 0 Å². The molecule has 2 rings (SSSR count). The summed E-state index contributed by atoms with van der Waals surface area (Å²) in [5.41, 5.74) is 4.87. The maximum Gasteiger partial charge on any atom is 0.123 e. The van der Waals surface area contributed by atoms with Gasteiger partial charge in [0.05, 0.1) is 6.04 Å². The highest BCUT2D eigenvalue weighted by molar-refractivity contribution is 7.10. The predicted octanol–water partition coefficient (Wildman–Crippen LogP) is 2.75. The highest BCUT2D eigenvalue weighted by atomic mass is 32.1. The molecular formula is C12H13FN2S. The number of thiophene rings is 1. The fourth-order valence-electron chi connectivity index (χ4n) is 1.72. The summed E-state index contributed by atoms with van der Waals surface area (Å²) in [4.78, 5) is 1.22. The average molecular weight is 236 g/mol. The second-order valence-corrected chi connectivity index (χ2v) is 4.70. The van der Waals surface area contributed by atoms with Crippen LogP contribution in [0, 0.1) is 12.7 Å². The van der Waals surface area contributed by atoms with E-state index < -0.39 is 0 Å². The van der Waals surface area contributed by atoms with Crippen LogP contribution in [0.2, 0.25) is 0 Å². The summed E-state index contributed by atoms with van der Waals surface area (Å²) in [6.07, 6.45) is 0. The summed E-state index contributed by atoms with van der Waals surface area (Å²) < 4.78 is 12.8. The maximum atomic E-state index is 12.8. The fourth-order valence-corrected chi connectivity index (χ4v) is 2.46. The Balaban J connectivity index is 2.37. The monoisotopic (exact) mass is 236 g/mol. The number of rotatable bonds is 3. The summed E-state index contributed by atoms with van der Waals surface area (Å²) in [5, 5.41) is 2.03.